The molecular weight excluding hydrogens is 302 g/mol. The van der Waals surface area contributed by atoms with Gasteiger partial charge in [0.15, 0.2) is 0 Å². The Labute approximate surface area is 141 Å². The number of aromatic amines is 1. The van der Waals surface area contributed by atoms with E-state index in [1.807, 2.05) is 36.2 Å². The minimum absolute atomic E-state index is 0.0276. The summed E-state index contributed by atoms with van der Waals surface area (Å²) in [4.78, 5) is 32.3. The second kappa shape index (κ2) is 5.51. The summed E-state index contributed by atoms with van der Waals surface area (Å²) in [5.41, 5.74) is 1.24. The Hall–Kier alpha value is -2.56. The van der Waals surface area contributed by atoms with E-state index < -0.39 is 5.41 Å². The van der Waals surface area contributed by atoms with Gasteiger partial charge in [0.05, 0.1) is 5.41 Å². The Morgan fingerprint density at radius 3 is 2.62 bits per heavy atom. The predicted molar refractivity (Wildman–Crippen MR) is 90.6 cm³/mol. The van der Waals surface area contributed by atoms with E-state index in [0.29, 0.717) is 18.8 Å². The molecule has 2 saturated heterocycles. The molecule has 2 amide bonds. The van der Waals surface area contributed by atoms with E-state index >= 15 is 0 Å². The summed E-state index contributed by atoms with van der Waals surface area (Å²) in [7, 11) is 1.86. The first kappa shape index (κ1) is 15.0. The first-order valence-corrected chi connectivity index (χ1v) is 8.35. The van der Waals surface area contributed by atoms with Crippen LogP contribution in [0.5, 0.6) is 0 Å². The third-order valence-electron chi connectivity index (χ3n) is 5.53. The number of amides is 2. The van der Waals surface area contributed by atoms with Crippen LogP contribution in [0.4, 0.5) is 0 Å². The van der Waals surface area contributed by atoms with Crippen molar-refractivity contribution in [3.63, 3.8) is 0 Å². The van der Waals surface area contributed by atoms with Crippen LogP contribution in [0.25, 0.3) is 0 Å². The van der Waals surface area contributed by atoms with Crippen LogP contribution in [-0.2, 0) is 4.79 Å². The molecule has 3 heterocycles. The van der Waals surface area contributed by atoms with Gasteiger partial charge in [-0.25, -0.2) is 0 Å². The first-order chi connectivity index (χ1) is 11.6. The second-order valence-electron chi connectivity index (χ2n) is 6.87. The van der Waals surface area contributed by atoms with E-state index in [1.54, 1.807) is 17.2 Å². The van der Waals surface area contributed by atoms with E-state index in [-0.39, 0.29) is 17.7 Å². The largest absolute Gasteiger partial charge is 0.357 e. The van der Waals surface area contributed by atoms with E-state index in [0.717, 1.165) is 18.5 Å². The topological polar surface area (TPSA) is 56.4 Å². The Kier molecular flexibility index (Phi) is 3.44. The number of nitrogens with zero attached hydrogens (tertiary/aromatic N) is 2. The summed E-state index contributed by atoms with van der Waals surface area (Å²) in [6, 6.07) is 13.7. The Bertz CT molecular complexity index is 756. The fourth-order valence-electron chi connectivity index (χ4n) is 4.23. The molecule has 2 aliphatic heterocycles. The number of carbonyl (C=O) groups excluding carboxylic acids is 2. The van der Waals surface area contributed by atoms with Crippen molar-refractivity contribution in [2.75, 3.05) is 26.7 Å². The molecule has 1 aromatic carbocycles. The van der Waals surface area contributed by atoms with Crippen LogP contribution in [0.3, 0.4) is 0 Å². The number of hydrogen-bond acceptors (Lipinski definition) is 2. The molecule has 2 atom stereocenters. The highest BCUT2D eigenvalue weighted by Crippen LogP contribution is 2.49. The van der Waals surface area contributed by atoms with Crippen LogP contribution in [0.1, 0.15) is 28.4 Å². The number of benzene rings is 1. The highest BCUT2D eigenvalue weighted by Gasteiger charge is 2.57. The zero-order chi connectivity index (χ0) is 16.7. The molecule has 0 saturated carbocycles. The molecule has 0 unspecified atom stereocenters. The number of carbonyl (C=O) groups is 2. The van der Waals surface area contributed by atoms with Crippen molar-refractivity contribution >= 4 is 11.8 Å². The number of nitrogens with one attached hydrogen (secondary N) is 1. The van der Waals surface area contributed by atoms with Crippen LogP contribution in [0.2, 0.25) is 0 Å². The molecule has 2 aliphatic rings. The van der Waals surface area contributed by atoms with Crippen LogP contribution in [-0.4, -0.2) is 53.3 Å². The zero-order valence-electron chi connectivity index (χ0n) is 13.7. The number of aromatic nitrogens is 1. The summed E-state index contributed by atoms with van der Waals surface area (Å²) in [5.74, 6) is 0.188. The fraction of sp³-hybridized carbons (Fsp3) is 0.368. The third kappa shape index (κ3) is 2.15. The molecule has 1 aromatic heterocycles. The van der Waals surface area contributed by atoms with Gasteiger partial charge in [-0.2, -0.15) is 0 Å². The molecule has 5 nitrogen and oxygen atoms in total. The SMILES string of the molecule is CN1CC[C@@]2(CN(C(=O)c3ccc[nH]3)C[C@@H]2c2ccccc2)C1=O. The normalized spacial score (nSPS) is 26.5. The van der Waals surface area contributed by atoms with Crippen LogP contribution < -0.4 is 0 Å². The molecule has 0 bridgehead atoms. The number of H-pyrrole nitrogens is 1. The maximum Gasteiger partial charge on any atom is 0.270 e. The van der Waals surface area contributed by atoms with Gasteiger partial charge in [0.2, 0.25) is 5.91 Å². The van der Waals surface area contributed by atoms with Crippen molar-refractivity contribution in [2.24, 2.45) is 5.41 Å². The number of rotatable bonds is 2. The molecule has 2 aromatic rings. The lowest BCUT2D eigenvalue weighted by molar-refractivity contribution is -0.134. The summed E-state index contributed by atoms with van der Waals surface area (Å²) in [6.07, 6.45) is 2.55. The fourth-order valence-corrected chi connectivity index (χ4v) is 4.23. The minimum Gasteiger partial charge on any atom is -0.357 e. The molecule has 0 aliphatic carbocycles. The van der Waals surface area contributed by atoms with Gasteiger partial charge in [0, 0.05) is 38.8 Å². The van der Waals surface area contributed by atoms with Crippen molar-refractivity contribution < 1.29 is 9.59 Å². The molecule has 1 spiro atoms. The molecule has 124 valence electrons. The lowest BCUT2D eigenvalue weighted by atomic mass is 9.73. The van der Waals surface area contributed by atoms with Gasteiger partial charge in [0.1, 0.15) is 5.69 Å². The second-order valence-corrected chi connectivity index (χ2v) is 6.87. The monoisotopic (exact) mass is 323 g/mol. The summed E-state index contributed by atoms with van der Waals surface area (Å²) < 4.78 is 0. The van der Waals surface area contributed by atoms with Crippen molar-refractivity contribution in [3.05, 3.63) is 59.9 Å². The molecule has 5 heteroatoms. The van der Waals surface area contributed by atoms with Gasteiger partial charge >= 0.3 is 0 Å². The molecule has 0 radical (unpaired) electrons. The summed E-state index contributed by atoms with van der Waals surface area (Å²) in [6.45, 7) is 1.84. The van der Waals surface area contributed by atoms with Crippen molar-refractivity contribution in [1.82, 2.24) is 14.8 Å². The van der Waals surface area contributed by atoms with Gasteiger partial charge in [-0.05, 0) is 24.1 Å². The van der Waals surface area contributed by atoms with Gasteiger partial charge < -0.3 is 14.8 Å². The van der Waals surface area contributed by atoms with Crippen molar-refractivity contribution in [2.45, 2.75) is 12.3 Å². The van der Waals surface area contributed by atoms with Gasteiger partial charge in [0.25, 0.3) is 5.91 Å². The zero-order valence-corrected chi connectivity index (χ0v) is 13.7. The summed E-state index contributed by atoms with van der Waals surface area (Å²) in [5, 5.41) is 0. The Balaban J connectivity index is 1.71. The van der Waals surface area contributed by atoms with Gasteiger partial charge in [-0.15, -0.1) is 0 Å². The highest BCUT2D eigenvalue weighted by atomic mass is 16.2. The lowest BCUT2D eigenvalue weighted by Gasteiger charge is -2.28. The van der Waals surface area contributed by atoms with Crippen LogP contribution >= 0.6 is 0 Å². The Morgan fingerprint density at radius 2 is 2.00 bits per heavy atom. The van der Waals surface area contributed by atoms with E-state index in [2.05, 4.69) is 17.1 Å². The maximum atomic E-state index is 12.9. The lowest BCUT2D eigenvalue weighted by Crippen LogP contribution is -2.39. The van der Waals surface area contributed by atoms with Crippen molar-refractivity contribution in [1.29, 1.82) is 0 Å². The van der Waals surface area contributed by atoms with E-state index in [4.69, 9.17) is 0 Å². The first-order valence-electron chi connectivity index (χ1n) is 8.35. The minimum atomic E-state index is -0.488. The third-order valence-corrected chi connectivity index (χ3v) is 5.53. The predicted octanol–water partition coefficient (Wildman–Crippen LogP) is 2.10. The quantitative estimate of drug-likeness (QED) is 0.920. The maximum absolute atomic E-state index is 12.9. The standard InChI is InChI=1S/C19H21N3O2/c1-21-11-9-19(18(21)24)13-22(17(23)16-8-5-10-20-16)12-15(19)14-6-3-2-4-7-14/h2-8,10,15,20H,9,11-13H2,1H3/t15-,19+/m1/s1. The molecule has 4 rings (SSSR count). The average Bonchev–Trinajstić information content (AvgIpc) is 3.33. The molecular formula is C19H21N3O2. The van der Waals surface area contributed by atoms with Crippen LogP contribution in [0.15, 0.2) is 48.7 Å². The van der Waals surface area contributed by atoms with Gasteiger partial charge in [-0.1, -0.05) is 30.3 Å². The number of hydrogen-bond donors (Lipinski definition) is 1. The molecule has 1 N–H and O–H groups in total. The highest BCUT2D eigenvalue weighted by molar-refractivity contribution is 5.94. The number of likely N-dealkylation sites (tertiary alicyclic amines) is 2. The molecule has 24 heavy (non-hydrogen) atoms. The summed E-state index contributed by atoms with van der Waals surface area (Å²) >= 11 is 0. The Morgan fingerprint density at radius 1 is 1.21 bits per heavy atom. The van der Waals surface area contributed by atoms with Crippen molar-refractivity contribution in [3.8, 4) is 0 Å². The van der Waals surface area contributed by atoms with E-state index in [9.17, 15) is 9.59 Å². The average molecular weight is 323 g/mol. The van der Waals surface area contributed by atoms with E-state index in [1.165, 1.54) is 0 Å². The van der Waals surface area contributed by atoms with Gasteiger partial charge in [-0.3, -0.25) is 9.59 Å². The smallest absolute Gasteiger partial charge is 0.270 e. The van der Waals surface area contributed by atoms with Crippen LogP contribution in [0, 0.1) is 5.41 Å². The molecule has 2 fully saturated rings.